The molecule has 4 rings (SSSR count). The van der Waals surface area contributed by atoms with Gasteiger partial charge in [0.2, 0.25) is 11.7 Å². The number of nitrogens with zero attached hydrogens (tertiary/aromatic N) is 3. The van der Waals surface area contributed by atoms with Gasteiger partial charge in [0.25, 0.3) is 5.60 Å². The molecule has 0 radical (unpaired) electrons. The minimum absolute atomic E-state index is 0.0456. The van der Waals surface area contributed by atoms with Gasteiger partial charge in [-0.15, -0.1) is 0 Å². The molecular weight excluding hydrogens is 466 g/mol. The van der Waals surface area contributed by atoms with Crippen molar-refractivity contribution in [2.45, 2.75) is 44.9 Å². The molecule has 1 aliphatic rings. The zero-order chi connectivity index (χ0) is 23.3. The van der Waals surface area contributed by atoms with E-state index in [1.165, 1.54) is 18.2 Å². The van der Waals surface area contributed by atoms with E-state index in [0.29, 0.717) is 28.4 Å². The monoisotopic (exact) mass is 483 g/mol. The average molecular weight is 484 g/mol. The number of rotatable bonds is 4. The summed E-state index contributed by atoms with van der Waals surface area (Å²) in [6.07, 6.45) is -5.31. The highest BCUT2D eigenvalue weighted by Gasteiger charge is 2.62. The fourth-order valence-electron chi connectivity index (χ4n) is 3.60. The van der Waals surface area contributed by atoms with Crippen LogP contribution in [0.1, 0.15) is 48.8 Å². The molecule has 0 spiro atoms. The van der Waals surface area contributed by atoms with Gasteiger partial charge in [0.05, 0.1) is 5.71 Å². The van der Waals surface area contributed by atoms with Gasteiger partial charge in [-0.1, -0.05) is 65.6 Å². The van der Waals surface area contributed by atoms with Crippen molar-refractivity contribution in [2.24, 2.45) is 5.16 Å². The predicted octanol–water partition coefficient (Wildman–Crippen LogP) is 7.06. The third-order valence-corrected chi connectivity index (χ3v) is 5.77. The van der Waals surface area contributed by atoms with Crippen LogP contribution >= 0.6 is 23.2 Å². The Labute approximate surface area is 192 Å². The van der Waals surface area contributed by atoms with Gasteiger partial charge in [0.1, 0.15) is 0 Å². The maximum absolute atomic E-state index is 14.3. The topological polar surface area (TPSA) is 60.5 Å². The van der Waals surface area contributed by atoms with E-state index in [9.17, 15) is 13.2 Å². The van der Waals surface area contributed by atoms with Crippen LogP contribution in [-0.2, 0) is 10.4 Å². The second kappa shape index (κ2) is 8.08. The van der Waals surface area contributed by atoms with E-state index >= 15 is 0 Å². The van der Waals surface area contributed by atoms with Gasteiger partial charge in [-0.2, -0.15) is 18.2 Å². The fourth-order valence-corrected chi connectivity index (χ4v) is 4.13. The van der Waals surface area contributed by atoms with Crippen molar-refractivity contribution < 1.29 is 22.5 Å². The lowest BCUT2D eigenvalue weighted by molar-refractivity contribution is -0.275. The third-order valence-electron chi connectivity index (χ3n) is 5.34. The van der Waals surface area contributed by atoms with Crippen molar-refractivity contribution in [3.8, 4) is 11.4 Å². The normalized spacial score (nSPS) is 18.7. The molecule has 3 aromatic rings. The van der Waals surface area contributed by atoms with Crippen LogP contribution < -0.4 is 0 Å². The zero-order valence-corrected chi connectivity index (χ0v) is 18.8. The predicted molar refractivity (Wildman–Crippen MR) is 115 cm³/mol. The molecule has 1 aromatic heterocycles. The van der Waals surface area contributed by atoms with Crippen molar-refractivity contribution in [2.75, 3.05) is 0 Å². The van der Waals surface area contributed by atoms with E-state index in [1.807, 2.05) is 13.8 Å². The molecule has 1 aliphatic heterocycles. The highest BCUT2D eigenvalue weighted by atomic mass is 35.5. The molecule has 0 saturated heterocycles. The van der Waals surface area contributed by atoms with Crippen LogP contribution in [-0.4, -0.2) is 22.0 Å². The highest BCUT2D eigenvalue weighted by molar-refractivity contribution is 6.34. The molecule has 0 N–H and O–H groups in total. The first kappa shape index (κ1) is 22.6. The van der Waals surface area contributed by atoms with Crippen molar-refractivity contribution in [1.82, 2.24) is 10.1 Å². The first-order chi connectivity index (χ1) is 15.0. The third kappa shape index (κ3) is 3.86. The maximum atomic E-state index is 14.3. The Morgan fingerprint density at radius 3 is 2.31 bits per heavy atom. The van der Waals surface area contributed by atoms with Gasteiger partial charge >= 0.3 is 6.18 Å². The van der Waals surface area contributed by atoms with E-state index in [4.69, 9.17) is 32.6 Å². The van der Waals surface area contributed by atoms with Crippen LogP contribution in [0.4, 0.5) is 13.2 Å². The van der Waals surface area contributed by atoms with E-state index < -0.39 is 18.2 Å². The number of halogens is 5. The molecule has 32 heavy (non-hydrogen) atoms. The summed E-state index contributed by atoms with van der Waals surface area (Å²) in [6.45, 7) is 5.61. The quantitative estimate of drug-likeness (QED) is 0.398. The van der Waals surface area contributed by atoms with E-state index in [1.54, 1.807) is 25.1 Å². The Hall–Kier alpha value is -2.58. The molecule has 0 aliphatic carbocycles. The summed E-state index contributed by atoms with van der Waals surface area (Å²) in [7, 11) is 0. The van der Waals surface area contributed by atoms with E-state index in [-0.39, 0.29) is 27.2 Å². The van der Waals surface area contributed by atoms with Gasteiger partial charge in [-0.3, -0.25) is 0 Å². The lowest BCUT2D eigenvalue weighted by Gasteiger charge is -2.29. The van der Waals surface area contributed by atoms with E-state index in [2.05, 4.69) is 15.3 Å². The van der Waals surface area contributed by atoms with Gasteiger partial charge in [0, 0.05) is 39.1 Å². The number of alkyl halides is 3. The molecule has 0 fully saturated rings. The molecule has 0 bridgehead atoms. The molecular formula is C22H18Cl2F3N3O2. The standard InChI is InChI=1S/C22H18Cl2F3N3O2/c1-11(2)20-28-19(30-31-20)17-6-4-5-16(12(17)3)18-10-21(32-29-18,22(25,26)27)13-7-14(23)9-15(24)8-13/h4-9,11H,10H2,1-3H3. The molecule has 168 valence electrons. The molecule has 10 heteroatoms. The summed E-state index contributed by atoms with van der Waals surface area (Å²) in [6, 6.07) is 8.90. The molecule has 1 atom stereocenters. The Morgan fingerprint density at radius 1 is 1.06 bits per heavy atom. The first-order valence-electron chi connectivity index (χ1n) is 9.74. The number of hydrogen-bond acceptors (Lipinski definition) is 5. The van der Waals surface area contributed by atoms with E-state index in [0.717, 1.165) is 0 Å². The summed E-state index contributed by atoms with van der Waals surface area (Å²) in [4.78, 5) is 9.49. The van der Waals surface area contributed by atoms with Crippen molar-refractivity contribution in [1.29, 1.82) is 0 Å². The number of hydrogen-bond donors (Lipinski definition) is 0. The average Bonchev–Trinajstić information content (AvgIpc) is 3.35. The van der Waals surface area contributed by atoms with Crippen LogP contribution in [0.15, 0.2) is 46.1 Å². The molecule has 0 amide bonds. The summed E-state index contributed by atoms with van der Waals surface area (Å²) in [5.41, 5.74) is -0.974. The largest absolute Gasteiger partial charge is 0.435 e. The zero-order valence-electron chi connectivity index (χ0n) is 17.3. The minimum atomic E-state index is -4.77. The number of aromatic nitrogens is 2. The first-order valence-corrected chi connectivity index (χ1v) is 10.5. The fraction of sp³-hybridized carbons (Fsp3) is 0.318. The smallest absolute Gasteiger partial charge is 0.374 e. The summed E-state index contributed by atoms with van der Waals surface area (Å²) in [5.74, 6) is 0.876. The summed E-state index contributed by atoms with van der Waals surface area (Å²) < 4.78 is 48.1. The van der Waals surface area contributed by atoms with Crippen LogP contribution in [0.25, 0.3) is 11.4 Å². The Kier molecular flexibility index (Phi) is 5.71. The van der Waals surface area contributed by atoms with Gasteiger partial charge in [-0.25, -0.2) is 0 Å². The number of benzene rings is 2. The second-order valence-electron chi connectivity index (χ2n) is 7.88. The van der Waals surface area contributed by atoms with Crippen molar-refractivity contribution in [3.63, 3.8) is 0 Å². The van der Waals surface area contributed by atoms with Crippen LogP contribution in [0.3, 0.4) is 0 Å². The SMILES string of the molecule is Cc1c(C2=NOC(c3cc(Cl)cc(Cl)c3)(C(F)(F)F)C2)cccc1-c1noc(C(C)C)n1. The number of oxime groups is 1. The van der Waals surface area contributed by atoms with Crippen molar-refractivity contribution in [3.05, 3.63) is 69.0 Å². The highest BCUT2D eigenvalue weighted by Crippen LogP contribution is 2.50. The maximum Gasteiger partial charge on any atom is 0.435 e. The lowest BCUT2D eigenvalue weighted by Crippen LogP contribution is -2.42. The van der Waals surface area contributed by atoms with Crippen LogP contribution in [0.5, 0.6) is 0 Å². The Morgan fingerprint density at radius 2 is 1.72 bits per heavy atom. The molecule has 2 heterocycles. The Bertz CT molecular complexity index is 1190. The minimum Gasteiger partial charge on any atom is -0.374 e. The van der Waals surface area contributed by atoms with Gasteiger partial charge < -0.3 is 9.36 Å². The Balaban J connectivity index is 1.74. The van der Waals surface area contributed by atoms with Gasteiger partial charge in [0.15, 0.2) is 0 Å². The van der Waals surface area contributed by atoms with Crippen LogP contribution in [0, 0.1) is 6.92 Å². The summed E-state index contributed by atoms with van der Waals surface area (Å²) >= 11 is 11.9. The lowest BCUT2D eigenvalue weighted by atomic mass is 9.85. The molecule has 0 saturated carbocycles. The van der Waals surface area contributed by atoms with Gasteiger partial charge in [-0.05, 0) is 30.7 Å². The molecule has 2 aromatic carbocycles. The molecule has 5 nitrogen and oxygen atoms in total. The molecule has 1 unspecified atom stereocenters. The van der Waals surface area contributed by atoms with Crippen molar-refractivity contribution >= 4 is 28.9 Å². The second-order valence-corrected chi connectivity index (χ2v) is 8.75. The van der Waals surface area contributed by atoms with Crippen LogP contribution in [0.2, 0.25) is 10.0 Å². The summed E-state index contributed by atoms with van der Waals surface area (Å²) in [5, 5.41) is 7.99.